The molecule has 0 bridgehead atoms. The van der Waals surface area contributed by atoms with Gasteiger partial charge in [-0.25, -0.2) is 9.97 Å². The number of carbonyl (C=O) groups is 1. The Hall–Kier alpha value is -3.68. The number of rotatable bonds is 5. The number of aromatic nitrogens is 3. The Labute approximate surface area is 187 Å². The maximum absolute atomic E-state index is 13.0. The SMILES string of the molecule is CC.COc1cc(/C=C2\OCCN(Cc3ccc(F)nc3)C2=O)ccc1-n1cnc(C)c1. The summed E-state index contributed by atoms with van der Waals surface area (Å²) in [6.07, 6.45) is 6.76. The fraction of sp³-hybridized carbons (Fsp3) is 0.292. The Kier molecular flexibility index (Phi) is 7.59. The van der Waals surface area contributed by atoms with Gasteiger partial charge in [0.2, 0.25) is 5.95 Å². The van der Waals surface area contributed by atoms with Crippen LogP contribution in [-0.2, 0) is 16.1 Å². The summed E-state index contributed by atoms with van der Waals surface area (Å²) in [5.74, 6) is 0.138. The fourth-order valence-electron chi connectivity index (χ4n) is 3.26. The van der Waals surface area contributed by atoms with E-state index < -0.39 is 5.95 Å². The van der Waals surface area contributed by atoms with Crippen LogP contribution in [0.1, 0.15) is 30.7 Å². The Morgan fingerprint density at radius 2 is 2.03 bits per heavy atom. The molecule has 0 saturated carbocycles. The lowest BCUT2D eigenvalue weighted by molar-refractivity contribution is -0.136. The number of imidazole rings is 1. The van der Waals surface area contributed by atoms with Crippen LogP contribution < -0.4 is 4.74 Å². The van der Waals surface area contributed by atoms with Crippen molar-refractivity contribution >= 4 is 12.0 Å². The van der Waals surface area contributed by atoms with Crippen molar-refractivity contribution in [3.05, 3.63) is 77.6 Å². The largest absolute Gasteiger partial charge is 0.495 e. The van der Waals surface area contributed by atoms with Gasteiger partial charge in [-0.1, -0.05) is 26.0 Å². The first-order chi connectivity index (χ1) is 15.5. The van der Waals surface area contributed by atoms with Crippen molar-refractivity contribution in [3.8, 4) is 11.4 Å². The molecular formula is C24H27FN4O3. The van der Waals surface area contributed by atoms with Crippen molar-refractivity contribution in [2.45, 2.75) is 27.3 Å². The third-order valence-electron chi connectivity index (χ3n) is 4.77. The van der Waals surface area contributed by atoms with Crippen LogP contribution in [0.4, 0.5) is 4.39 Å². The van der Waals surface area contributed by atoms with E-state index in [1.54, 1.807) is 30.5 Å². The second kappa shape index (κ2) is 10.6. The summed E-state index contributed by atoms with van der Waals surface area (Å²) in [5.41, 5.74) is 3.29. The van der Waals surface area contributed by atoms with Gasteiger partial charge >= 0.3 is 0 Å². The van der Waals surface area contributed by atoms with Crippen LogP contribution in [0.2, 0.25) is 0 Å². The minimum Gasteiger partial charge on any atom is -0.495 e. The van der Waals surface area contributed by atoms with Crippen LogP contribution in [0.3, 0.4) is 0 Å². The molecule has 1 fully saturated rings. The molecule has 1 aromatic carbocycles. The van der Waals surface area contributed by atoms with Crippen LogP contribution >= 0.6 is 0 Å². The molecule has 168 valence electrons. The molecular weight excluding hydrogens is 411 g/mol. The van der Waals surface area contributed by atoms with Crippen molar-refractivity contribution in [2.75, 3.05) is 20.3 Å². The zero-order valence-electron chi connectivity index (χ0n) is 18.7. The highest BCUT2D eigenvalue weighted by atomic mass is 19.1. The summed E-state index contributed by atoms with van der Waals surface area (Å²) in [6.45, 7) is 7.10. The summed E-state index contributed by atoms with van der Waals surface area (Å²) in [4.78, 5) is 22.4. The van der Waals surface area contributed by atoms with Gasteiger partial charge in [0.25, 0.3) is 5.91 Å². The molecule has 0 atom stereocenters. The maximum atomic E-state index is 13.0. The monoisotopic (exact) mass is 438 g/mol. The molecule has 1 aliphatic rings. The number of hydrogen-bond donors (Lipinski definition) is 0. The third kappa shape index (κ3) is 5.32. The van der Waals surface area contributed by atoms with Crippen molar-refractivity contribution < 1.29 is 18.7 Å². The molecule has 0 aliphatic carbocycles. The van der Waals surface area contributed by atoms with Gasteiger partial charge in [0, 0.05) is 18.9 Å². The van der Waals surface area contributed by atoms with E-state index in [0.29, 0.717) is 25.4 Å². The lowest BCUT2D eigenvalue weighted by Gasteiger charge is -2.28. The third-order valence-corrected chi connectivity index (χ3v) is 4.77. The van der Waals surface area contributed by atoms with Crippen LogP contribution in [0.25, 0.3) is 11.8 Å². The smallest absolute Gasteiger partial charge is 0.289 e. The van der Waals surface area contributed by atoms with E-state index in [0.717, 1.165) is 22.5 Å². The molecule has 8 heteroatoms. The molecule has 0 radical (unpaired) electrons. The molecule has 3 heterocycles. The summed E-state index contributed by atoms with van der Waals surface area (Å²) in [7, 11) is 1.60. The second-order valence-corrected chi connectivity index (χ2v) is 6.93. The second-order valence-electron chi connectivity index (χ2n) is 6.93. The molecule has 7 nitrogen and oxygen atoms in total. The molecule has 0 N–H and O–H groups in total. The van der Waals surface area contributed by atoms with Gasteiger partial charge in [0.15, 0.2) is 5.76 Å². The van der Waals surface area contributed by atoms with Crippen LogP contribution in [-0.4, -0.2) is 45.6 Å². The average Bonchev–Trinajstić information content (AvgIpc) is 3.25. The number of morpholine rings is 1. The van der Waals surface area contributed by atoms with Crippen molar-refractivity contribution in [2.24, 2.45) is 0 Å². The van der Waals surface area contributed by atoms with Gasteiger partial charge in [-0.3, -0.25) is 4.79 Å². The minimum absolute atomic E-state index is 0.223. The molecule has 2 aromatic heterocycles. The highest BCUT2D eigenvalue weighted by molar-refractivity contribution is 5.96. The van der Waals surface area contributed by atoms with Crippen molar-refractivity contribution in [3.63, 3.8) is 0 Å². The predicted molar refractivity (Wildman–Crippen MR) is 120 cm³/mol. The van der Waals surface area contributed by atoms with E-state index >= 15 is 0 Å². The van der Waals surface area contributed by atoms with Gasteiger partial charge in [-0.2, -0.15) is 4.39 Å². The minimum atomic E-state index is -0.545. The van der Waals surface area contributed by atoms with Crippen molar-refractivity contribution in [1.29, 1.82) is 0 Å². The molecule has 0 spiro atoms. The number of nitrogens with zero attached hydrogens (tertiary/aromatic N) is 4. The molecule has 1 amide bonds. The Morgan fingerprint density at radius 1 is 1.22 bits per heavy atom. The van der Waals surface area contributed by atoms with Gasteiger partial charge in [-0.05, 0) is 42.3 Å². The number of carbonyl (C=O) groups excluding carboxylic acids is 1. The van der Waals surface area contributed by atoms with Crippen LogP contribution in [0.5, 0.6) is 5.75 Å². The quantitative estimate of drug-likeness (QED) is 0.442. The van der Waals surface area contributed by atoms with E-state index in [1.165, 1.54) is 12.3 Å². The van der Waals surface area contributed by atoms with Gasteiger partial charge in [-0.15, -0.1) is 0 Å². The zero-order chi connectivity index (χ0) is 23.1. The first kappa shape index (κ1) is 23.0. The number of halogens is 1. The van der Waals surface area contributed by atoms with Crippen LogP contribution in [0, 0.1) is 12.9 Å². The predicted octanol–water partition coefficient (Wildman–Crippen LogP) is 4.15. The highest BCUT2D eigenvalue weighted by Crippen LogP contribution is 2.26. The van der Waals surface area contributed by atoms with Gasteiger partial charge in [0.1, 0.15) is 12.4 Å². The average molecular weight is 439 g/mol. The molecule has 1 aliphatic heterocycles. The standard InChI is InChI=1S/C22H21FN4O3.C2H6/c1-15-12-27(14-25-15)18-5-3-16(9-19(18)29-2)10-20-22(28)26(7-8-30-20)13-17-4-6-21(23)24-11-17;1-2/h3-6,9-12,14H,7-8,13H2,1-2H3;1-2H3/b20-10-;. The summed E-state index contributed by atoms with van der Waals surface area (Å²) in [5, 5.41) is 0. The molecule has 0 unspecified atom stereocenters. The fourth-order valence-corrected chi connectivity index (χ4v) is 3.26. The highest BCUT2D eigenvalue weighted by Gasteiger charge is 2.25. The van der Waals surface area contributed by atoms with Crippen molar-refractivity contribution in [1.82, 2.24) is 19.4 Å². The van der Waals surface area contributed by atoms with E-state index in [4.69, 9.17) is 9.47 Å². The molecule has 3 aromatic rings. The van der Waals surface area contributed by atoms with Gasteiger partial charge in [0.05, 0.1) is 31.4 Å². The topological polar surface area (TPSA) is 69.5 Å². The van der Waals surface area contributed by atoms with E-state index in [-0.39, 0.29) is 11.7 Å². The number of pyridine rings is 1. The summed E-state index contributed by atoms with van der Waals surface area (Å²) < 4.78 is 26.0. The summed E-state index contributed by atoms with van der Waals surface area (Å²) in [6, 6.07) is 8.54. The number of benzene rings is 1. The van der Waals surface area contributed by atoms with E-state index in [9.17, 15) is 9.18 Å². The molecule has 32 heavy (non-hydrogen) atoms. The zero-order valence-corrected chi connectivity index (χ0v) is 18.7. The number of ether oxygens (including phenoxy) is 2. The lowest BCUT2D eigenvalue weighted by atomic mass is 10.1. The van der Waals surface area contributed by atoms with E-state index in [2.05, 4.69) is 9.97 Å². The van der Waals surface area contributed by atoms with Crippen LogP contribution in [0.15, 0.2) is 54.8 Å². The number of aryl methyl sites for hydroxylation is 1. The Balaban J connectivity index is 0.00000141. The normalized spacial score (nSPS) is 14.6. The molecule has 4 rings (SSSR count). The van der Waals surface area contributed by atoms with E-state index in [1.807, 2.05) is 49.7 Å². The van der Waals surface area contributed by atoms with Gasteiger partial charge < -0.3 is 18.9 Å². The Bertz CT molecular complexity index is 1090. The maximum Gasteiger partial charge on any atom is 0.289 e. The number of amides is 1. The molecule has 1 saturated heterocycles. The Morgan fingerprint density at radius 3 is 2.69 bits per heavy atom. The lowest BCUT2D eigenvalue weighted by Crippen LogP contribution is -2.39. The number of methoxy groups -OCH3 is 1. The first-order valence-electron chi connectivity index (χ1n) is 10.5. The summed E-state index contributed by atoms with van der Waals surface area (Å²) >= 11 is 0. The number of hydrogen-bond acceptors (Lipinski definition) is 5. The first-order valence-corrected chi connectivity index (χ1v) is 10.5.